The average Bonchev–Trinajstić information content (AvgIpc) is 2.77. The van der Waals surface area contributed by atoms with Gasteiger partial charge in [0.15, 0.2) is 0 Å². The number of pyridine rings is 1. The molecule has 0 aliphatic heterocycles. The number of hydrogen-bond acceptors (Lipinski definition) is 5. The Balaban J connectivity index is 2.12. The van der Waals surface area contributed by atoms with E-state index >= 15 is 0 Å². The van der Waals surface area contributed by atoms with Gasteiger partial charge in [-0.25, -0.2) is 0 Å². The largest absolute Gasteiger partial charge is 0.382 e. The third kappa shape index (κ3) is 2.98. The molecule has 4 nitrogen and oxygen atoms in total. The molecule has 0 atom stereocenters. The number of nitrogens with zero attached hydrogens (tertiary/aromatic N) is 2. The van der Waals surface area contributed by atoms with E-state index in [2.05, 4.69) is 21.6 Å². The Labute approximate surface area is 111 Å². The summed E-state index contributed by atoms with van der Waals surface area (Å²) in [5.41, 5.74) is 8.01. The molecule has 96 valence electrons. The van der Waals surface area contributed by atoms with Crippen molar-refractivity contribution in [2.24, 2.45) is 0 Å². The molecule has 0 amide bonds. The van der Waals surface area contributed by atoms with Crippen LogP contribution in [-0.4, -0.2) is 15.9 Å². The zero-order chi connectivity index (χ0) is 12.8. The van der Waals surface area contributed by atoms with Crippen LogP contribution in [0.2, 0.25) is 0 Å². The third-order valence-corrected chi connectivity index (χ3v) is 3.57. The lowest BCUT2D eigenvalue weighted by Gasteiger charge is -2.06. The lowest BCUT2D eigenvalue weighted by molar-refractivity contribution is 0.744. The molecule has 3 N–H and O–H groups in total. The number of rotatable bonds is 6. The molecule has 2 aromatic rings. The van der Waals surface area contributed by atoms with Crippen LogP contribution in [0.5, 0.6) is 0 Å². The van der Waals surface area contributed by atoms with E-state index in [1.807, 2.05) is 12.1 Å². The lowest BCUT2D eigenvalue weighted by atomic mass is 10.1. The highest BCUT2D eigenvalue weighted by Crippen LogP contribution is 2.36. The zero-order valence-electron chi connectivity index (χ0n) is 10.5. The highest BCUT2D eigenvalue weighted by atomic mass is 32.1. The molecule has 2 heterocycles. The molecule has 0 fully saturated rings. The number of anilines is 2. The monoisotopic (exact) mass is 262 g/mol. The van der Waals surface area contributed by atoms with Gasteiger partial charge in [0.2, 0.25) is 0 Å². The first-order valence-corrected chi connectivity index (χ1v) is 6.99. The second-order valence-corrected chi connectivity index (χ2v) is 4.92. The standard InChI is InChI=1S/C13H18N4S/c1-2-3-4-7-16-13-11(12(14)17-18-13)10-5-8-15-9-6-10/h5-6,8-9,16H,2-4,7H2,1H3,(H2,14,17). The number of unbranched alkanes of at least 4 members (excludes halogenated alkanes) is 2. The van der Waals surface area contributed by atoms with Crippen LogP contribution in [0.15, 0.2) is 24.5 Å². The van der Waals surface area contributed by atoms with Gasteiger partial charge in [-0.15, -0.1) is 0 Å². The van der Waals surface area contributed by atoms with E-state index in [-0.39, 0.29) is 0 Å². The topological polar surface area (TPSA) is 63.8 Å². The van der Waals surface area contributed by atoms with E-state index in [4.69, 9.17) is 5.73 Å². The summed E-state index contributed by atoms with van der Waals surface area (Å²) >= 11 is 1.42. The van der Waals surface area contributed by atoms with Gasteiger partial charge in [0, 0.05) is 18.9 Å². The molecular formula is C13H18N4S. The third-order valence-electron chi connectivity index (χ3n) is 2.75. The van der Waals surface area contributed by atoms with Crippen LogP contribution in [0.1, 0.15) is 26.2 Å². The van der Waals surface area contributed by atoms with Crippen molar-refractivity contribution in [1.82, 2.24) is 9.36 Å². The Morgan fingerprint density at radius 2 is 2.06 bits per heavy atom. The first-order valence-electron chi connectivity index (χ1n) is 6.22. The van der Waals surface area contributed by atoms with Crippen LogP contribution in [0.3, 0.4) is 0 Å². The predicted molar refractivity (Wildman–Crippen MR) is 77.8 cm³/mol. The van der Waals surface area contributed by atoms with Crippen molar-refractivity contribution in [3.63, 3.8) is 0 Å². The maximum atomic E-state index is 5.94. The summed E-state index contributed by atoms with van der Waals surface area (Å²) in [7, 11) is 0. The fraction of sp³-hybridized carbons (Fsp3) is 0.385. The second-order valence-electron chi connectivity index (χ2n) is 4.14. The maximum Gasteiger partial charge on any atom is 0.147 e. The van der Waals surface area contributed by atoms with Crippen LogP contribution >= 0.6 is 11.5 Å². The SMILES string of the molecule is CCCCCNc1snc(N)c1-c1ccncc1. The molecule has 2 aromatic heterocycles. The maximum absolute atomic E-state index is 5.94. The number of aromatic nitrogens is 2. The van der Waals surface area contributed by atoms with Crippen LogP contribution in [-0.2, 0) is 0 Å². The van der Waals surface area contributed by atoms with E-state index in [0.717, 1.165) is 22.7 Å². The molecule has 0 aromatic carbocycles. The molecule has 5 heteroatoms. The second kappa shape index (κ2) is 6.35. The Bertz CT molecular complexity index is 481. The minimum absolute atomic E-state index is 0.587. The van der Waals surface area contributed by atoms with E-state index in [0.29, 0.717) is 5.82 Å². The van der Waals surface area contributed by atoms with Crippen LogP contribution in [0.4, 0.5) is 10.8 Å². The molecule has 0 saturated heterocycles. The molecule has 18 heavy (non-hydrogen) atoms. The Morgan fingerprint density at radius 3 is 2.78 bits per heavy atom. The van der Waals surface area contributed by atoms with Gasteiger partial charge < -0.3 is 11.1 Å². The minimum atomic E-state index is 0.587. The van der Waals surface area contributed by atoms with Gasteiger partial charge in [-0.3, -0.25) is 4.98 Å². The highest BCUT2D eigenvalue weighted by molar-refractivity contribution is 7.11. The first-order chi connectivity index (χ1) is 8.83. The van der Waals surface area contributed by atoms with Crippen molar-refractivity contribution < 1.29 is 0 Å². The summed E-state index contributed by atoms with van der Waals surface area (Å²) in [5, 5.41) is 4.47. The molecule has 0 spiro atoms. The van der Waals surface area contributed by atoms with Gasteiger partial charge in [-0.2, -0.15) is 4.37 Å². The normalized spacial score (nSPS) is 10.5. The van der Waals surface area contributed by atoms with Gasteiger partial charge in [0.25, 0.3) is 0 Å². The molecule has 0 radical (unpaired) electrons. The Kier molecular flexibility index (Phi) is 4.52. The van der Waals surface area contributed by atoms with Crippen LogP contribution in [0, 0.1) is 0 Å². The quantitative estimate of drug-likeness (QED) is 0.783. The first kappa shape index (κ1) is 12.8. The molecule has 2 rings (SSSR count). The van der Waals surface area contributed by atoms with Crippen molar-refractivity contribution in [3.05, 3.63) is 24.5 Å². The number of nitrogen functional groups attached to an aromatic ring is 1. The molecule has 0 aliphatic carbocycles. The van der Waals surface area contributed by atoms with E-state index in [1.54, 1.807) is 12.4 Å². The van der Waals surface area contributed by atoms with Crippen LogP contribution < -0.4 is 11.1 Å². The van der Waals surface area contributed by atoms with E-state index in [9.17, 15) is 0 Å². The molecule has 0 saturated carbocycles. The summed E-state index contributed by atoms with van der Waals surface area (Å²) in [6.07, 6.45) is 7.18. The fourth-order valence-electron chi connectivity index (χ4n) is 1.80. The molecule has 0 bridgehead atoms. The average molecular weight is 262 g/mol. The zero-order valence-corrected chi connectivity index (χ0v) is 11.3. The van der Waals surface area contributed by atoms with Crippen molar-refractivity contribution in [1.29, 1.82) is 0 Å². The van der Waals surface area contributed by atoms with Crippen molar-refractivity contribution in [2.75, 3.05) is 17.6 Å². The summed E-state index contributed by atoms with van der Waals surface area (Å²) in [4.78, 5) is 4.02. The number of hydrogen-bond donors (Lipinski definition) is 2. The van der Waals surface area contributed by atoms with Gasteiger partial charge in [-0.05, 0) is 35.6 Å². The smallest absolute Gasteiger partial charge is 0.147 e. The van der Waals surface area contributed by atoms with Gasteiger partial charge >= 0.3 is 0 Å². The molecule has 0 aliphatic rings. The van der Waals surface area contributed by atoms with E-state index in [1.165, 1.54) is 30.8 Å². The number of nitrogens with two attached hydrogens (primary N) is 1. The summed E-state index contributed by atoms with van der Waals surface area (Å²) in [5.74, 6) is 0.587. The molecule has 0 unspecified atom stereocenters. The Hall–Kier alpha value is -1.62. The summed E-state index contributed by atoms with van der Waals surface area (Å²) in [6, 6.07) is 3.91. The predicted octanol–water partition coefficient (Wildman–Crippen LogP) is 3.39. The lowest BCUT2D eigenvalue weighted by Crippen LogP contribution is -2.01. The fourth-order valence-corrected chi connectivity index (χ4v) is 2.56. The van der Waals surface area contributed by atoms with Crippen LogP contribution in [0.25, 0.3) is 11.1 Å². The molecular weight excluding hydrogens is 244 g/mol. The van der Waals surface area contributed by atoms with Gasteiger partial charge in [-0.1, -0.05) is 19.8 Å². The highest BCUT2D eigenvalue weighted by Gasteiger charge is 2.12. The number of nitrogens with one attached hydrogen (secondary N) is 1. The summed E-state index contributed by atoms with van der Waals surface area (Å²) in [6.45, 7) is 3.17. The van der Waals surface area contributed by atoms with Crippen molar-refractivity contribution in [3.8, 4) is 11.1 Å². The van der Waals surface area contributed by atoms with E-state index < -0.39 is 0 Å². The Morgan fingerprint density at radius 1 is 1.28 bits per heavy atom. The van der Waals surface area contributed by atoms with Gasteiger partial charge in [0.1, 0.15) is 10.8 Å². The van der Waals surface area contributed by atoms with Crippen molar-refractivity contribution in [2.45, 2.75) is 26.2 Å². The van der Waals surface area contributed by atoms with Crippen molar-refractivity contribution >= 4 is 22.4 Å². The minimum Gasteiger partial charge on any atom is -0.382 e. The summed E-state index contributed by atoms with van der Waals surface area (Å²) < 4.78 is 4.23. The van der Waals surface area contributed by atoms with Gasteiger partial charge in [0.05, 0.1) is 5.56 Å².